The molecule has 1 unspecified atom stereocenters. The number of aryl methyl sites for hydroxylation is 2. The van der Waals surface area contributed by atoms with Crippen LogP contribution < -0.4 is 5.32 Å². The van der Waals surface area contributed by atoms with Crippen LogP contribution in [0.3, 0.4) is 0 Å². The Balaban J connectivity index is 1.72. The number of nitrogens with zero attached hydrogens (tertiary/aromatic N) is 3. The molecule has 0 radical (unpaired) electrons. The van der Waals surface area contributed by atoms with E-state index in [1.54, 1.807) is 0 Å². The van der Waals surface area contributed by atoms with Crippen LogP contribution in [0.5, 0.6) is 0 Å². The summed E-state index contributed by atoms with van der Waals surface area (Å²) in [5, 5.41) is 2.93. The van der Waals surface area contributed by atoms with Crippen LogP contribution in [0.4, 0.5) is 0 Å². The Kier molecular flexibility index (Phi) is 5.67. The van der Waals surface area contributed by atoms with Gasteiger partial charge in [-0.1, -0.05) is 0 Å². The number of carbonyl (C=O) groups excluding carboxylic acids is 1. The number of carbonyl (C=O) groups is 1. The van der Waals surface area contributed by atoms with Crippen molar-refractivity contribution in [2.24, 2.45) is 5.92 Å². The number of rotatable bonds is 5. The molecule has 5 nitrogen and oxygen atoms in total. The maximum Gasteiger partial charge on any atom is 0.220 e. The van der Waals surface area contributed by atoms with E-state index in [2.05, 4.69) is 27.2 Å². The molecule has 1 fully saturated rings. The van der Waals surface area contributed by atoms with E-state index in [4.69, 9.17) is 0 Å². The average Bonchev–Trinajstić information content (AvgIpc) is 2.42. The number of amides is 1. The zero-order valence-corrected chi connectivity index (χ0v) is 13.4. The van der Waals surface area contributed by atoms with Gasteiger partial charge in [0.25, 0.3) is 0 Å². The Bertz CT molecular complexity index is 469. The van der Waals surface area contributed by atoms with Gasteiger partial charge >= 0.3 is 0 Å². The molecule has 1 aromatic heterocycles. The normalized spacial score (nSPS) is 19.5. The molecule has 0 aliphatic carbocycles. The van der Waals surface area contributed by atoms with E-state index in [-0.39, 0.29) is 5.91 Å². The summed E-state index contributed by atoms with van der Waals surface area (Å²) in [7, 11) is 2.16. The van der Waals surface area contributed by atoms with Gasteiger partial charge in [0.05, 0.1) is 6.54 Å². The lowest BCUT2D eigenvalue weighted by Crippen LogP contribution is -2.33. The minimum Gasteiger partial charge on any atom is -0.349 e. The fourth-order valence-electron chi connectivity index (χ4n) is 2.99. The third kappa shape index (κ3) is 5.42. The van der Waals surface area contributed by atoms with Gasteiger partial charge in [-0.3, -0.25) is 4.79 Å². The minimum atomic E-state index is 0.103. The van der Waals surface area contributed by atoms with Gasteiger partial charge in [-0.05, 0) is 58.7 Å². The highest BCUT2D eigenvalue weighted by Gasteiger charge is 2.17. The standard InChI is InChI=1S/C16H26N4O/c1-12-9-13(2)19-15(18-12)10-17-16(21)7-6-14-5-4-8-20(3)11-14/h9,14H,4-8,10-11H2,1-3H3,(H,17,21). The van der Waals surface area contributed by atoms with E-state index in [0.29, 0.717) is 24.7 Å². The van der Waals surface area contributed by atoms with E-state index in [1.165, 1.54) is 19.4 Å². The summed E-state index contributed by atoms with van der Waals surface area (Å²) in [4.78, 5) is 23.0. The fourth-order valence-corrected chi connectivity index (χ4v) is 2.99. The van der Waals surface area contributed by atoms with Crippen molar-refractivity contribution < 1.29 is 4.79 Å². The van der Waals surface area contributed by atoms with Crippen molar-refractivity contribution in [1.82, 2.24) is 20.2 Å². The summed E-state index contributed by atoms with van der Waals surface area (Å²) in [5.74, 6) is 1.45. The van der Waals surface area contributed by atoms with Crippen LogP contribution in [0.25, 0.3) is 0 Å². The van der Waals surface area contributed by atoms with E-state index >= 15 is 0 Å². The first-order chi connectivity index (χ1) is 10.0. The van der Waals surface area contributed by atoms with Crippen LogP contribution in [0.1, 0.15) is 42.9 Å². The summed E-state index contributed by atoms with van der Waals surface area (Å²) in [6, 6.07) is 1.94. The summed E-state index contributed by atoms with van der Waals surface area (Å²) >= 11 is 0. The Hall–Kier alpha value is -1.49. The second-order valence-electron chi connectivity index (χ2n) is 6.15. The van der Waals surface area contributed by atoms with Crippen molar-refractivity contribution in [3.8, 4) is 0 Å². The highest BCUT2D eigenvalue weighted by Crippen LogP contribution is 2.19. The number of likely N-dealkylation sites (tertiary alicyclic amines) is 1. The molecular formula is C16H26N4O. The first kappa shape index (κ1) is 15.9. The van der Waals surface area contributed by atoms with Crippen LogP contribution in [-0.4, -0.2) is 40.9 Å². The van der Waals surface area contributed by atoms with Gasteiger partial charge in [-0.15, -0.1) is 0 Å². The molecule has 1 atom stereocenters. The predicted molar refractivity (Wildman–Crippen MR) is 82.8 cm³/mol. The van der Waals surface area contributed by atoms with Gasteiger partial charge in [-0.2, -0.15) is 0 Å². The second-order valence-corrected chi connectivity index (χ2v) is 6.15. The molecule has 1 aromatic rings. The van der Waals surface area contributed by atoms with E-state index in [9.17, 15) is 4.79 Å². The lowest BCUT2D eigenvalue weighted by molar-refractivity contribution is -0.121. The van der Waals surface area contributed by atoms with E-state index in [1.807, 2.05) is 19.9 Å². The number of nitrogens with one attached hydrogen (secondary N) is 1. The molecule has 0 bridgehead atoms. The molecule has 2 rings (SSSR count). The Morgan fingerprint density at radius 3 is 2.76 bits per heavy atom. The highest BCUT2D eigenvalue weighted by atomic mass is 16.1. The van der Waals surface area contributed by atoms with Crippen LogP contribution >= 0.6 is 0 Å². The van der Waals surface area contributed by atoms with Crippen molar-refractivity contribution in [3.63, 3.8) is 0 Å². The predicted octanol–water partition coefficient (Wildman–Crippen LogP) is 1.83. The summed E-state index contributed by atoms with van der Waals surface area (Å²) < 4.78 is 0. The van der Waals surface area contributed by atoms with Gasteiger partial charge in [0.15, 0.2) is 0 Å². The first-order valence-corrected chi connectivity index (χ1v) is 7.79. The molecule has 1 N–H and O–H groups in total. The monoisotopic (exact) mass is 290 g/mol. The van der Waals surface area contributed by atoms with Gasteiger partial charge in [0.2, 0.25) is 5.91 Å². The Morgan fingerprint density at radius 2 is 2.10 bits per heavy atom. The fraction of sp³-hybridized carbons (Fsp3) is 0.688. The van der Waals surface area contributed by atoms with Crippen molar-refractivity contribution in [3.05, 3.63) is 23.3 Å². The van der Waals surface area contributed by atoms with Crippen LogP contribution in [-0.2, 0) is 11.3 Å². The molecule has 1 amide bonds. The Morgan fingerprint density at radius 1 is 1.38 bits per heavy atom. The van der Waals surface area contributed by atoms with Gasteiger partial charge in [0.1, 0.15) is 5.82 Å². The summed E-state index contributed by atoms with van der Waals surface area (Å²) in [5.41, 5.74) is 1.88. The van der Waals surface area contributed by atoms with Gasteiger partial charge in [0, 0.05) is 24.4 Å². The molecule has 0 aromatic carbocycles. The van der Waals surface area contributed by atoms with Crippen molar-refractivity contribution >= 4 is 5.91 Å². The largest absolute Gasteiger partial charge is 0.349 e. The van der Waals surface area contributed by atoms with Gasteiger partial charge in [-0.25, -0.2) is 9.97 Å². The lowest BCUT2D eigenvalue weighted by atomic mass is 9.93. The molecule has 0 saturated carbocycles. The molecule has 116 valence electrons. The van der Waals surface area contributed by atoms with Crippen LogP contribution in [0, 0.1) is 19.8 Å². The molecule has 1 aliphatic rings. The Labute approximate surface area is 127 Å². The van der Waals surface area contributed by atoms with Gasteiger partial charge < -0.3 is 10.2 Å². The van der Waals surface area contributed by atoms with Crippen molar-refractivity contribution in [2.75, 3.05) is 20.1 Å². The third-order valence-electron chi connectivity index (χ3n) is 3.97. The number of hydrogen-bond donors (Lipinski definition) is 1. The molecule has 1 aliphatic heterocycles. The number of aromatic nitrogens is 2. The molecule has 2 heterocycles. The maximum absolute atomic E-state index is 11.9. The number of piperidine rings is 1. The van der Waals surface area contributed by atoms with Crippen molar-refractivity contribution in [1.29, 1.82) is 0 Å². The average molecular weight is 290 g/mol. The first-order valence-electron chi connectivity index (χ1n) is 7.79. The van der Waals surface area contributed by atoms with E-state index < -0.39 is 0 Å². The zero-order valence-electron chi connectivity index (χ0n) is 13.4. The summed E-state index contributed by atoms with van der Waals surface area (Å²) in [6.07, 6.45) is 4.07. The molecular weight excluding hydrogens is 264 g/mol. The molecule has 1 saturated heterocycles. The number of hydrogen-bond acceptors (Lipinski definition) is 4. The molecule has 5 heteroatoms. The third-order valence-corrected chi connectivity index (χ3v) is 3.97. The quantitative estimate of drug-likeness (QED) is 0.899. The minimum absolute atomic E-state index is 0.103. The lowest BCUT2D eigenvalue weighted by Gasteiger charge is -2.29. The molecule has 0 spiro atoms. The summed E-state index contributed by atoms with van der Waals surface area (Å²) in [6.45, 7) is 6.62. The van der Waals surface area contributed by atoms with Crippen molar-refractivity contribution in [2.45, 2.75) is 46.1 Å². The molecule has 21 heavy (non-hydrogen) atoms. The smallest absolute Gasteiger partial charge is 0.220 e. The highest BCUT2D eigenvalue weighted by molar-refractivity contribution is 5.75. The zero-order chi connectivity index (χ0) is 15.2. The van der Waals surface area contributed by atoms with E-state index in [0.717, 1.165) is 24.4 Å². The maximum atomic E-state index is 11.9. The SMILES string of the molecule is Cc1cc(C)nc(CNC(=O)CCC2CCCN(C)C2)n1. The van der Waals surface area contributed by atoms with Crippen LogP contribution in [0.2, 0.25) is 0 Å². The van der Waals surface area contributed by atoms with Crippen LogP contribution in [0.15, 0.2) is 6.07 Å². The second kappa shape index (κ2) is 7.50. The topological polar surface area (TPSA) is 58.1 Å².